The van der Waals surface area contributed by atoms with Crippen molar-refractivity contribution in [2.45, 2.75) is 16.8 Å². The number of carboxylic acids is 1. The molecular formula is C12H13N3O2S. The summed E-state index contributed by atoms with van der Waals surface area (Å²) >= 11 is 1.46. The molecule has 0 aliphatic rings. The number of carboxylic acid groups (broad SMARTS) is 1. The van der Waals surface area contributed by atoms with Crippen molar-refractivity contribution in [1.29, 1.82) is 0 Å². The number of nitrogens with two attached hydrogens (primary N) is 1. The molecule has 2 rings (SSSR count). The lowest BCUT2D eigenvalue weighted by Crippen LogP contribution is -2.02. The summed E-state index contributed by atoms with van der Waals surface area (Å²) in [5.74, 6) is -1.02. The van der Waals surface area contributed by atoms with Gasteiger partial charge in [-0.05, 0) is 31.2 Å². The van der Waals surface area contributed by atoms with Crippen LogP contribution in [0.3, 0.4) is 0 Å². The minimum atomic E-state index is -1.02. The number of nitrogen functional groups attached to an aromatic ring is 1. The van der Waals surface area contributed by atoms with E-state index in [1.165, 1.54) is 11.8 Å². The predicted octanol–water partition coefficient (Wildman–Crippen LogP) is 2.16. The molecule has 0 bridgehead atoms. The van der Waals surface area contributed by atoms with Gasteiger partial charge in [-0.1, -0.05) is 11.8 Å². The number of carbonyl (C=O) groups is 1. The van der Waals surface area contributed by atoms with Gasteiger partial charge in [0, 0.05) is 17.6 Å². The van der Waals surface area contributed by atoms with Gasteiger partial charge in [0.25, 0.3) is 0 Å². The zero-order valence-electron chi connectivity index (χ0n) is 10.0. The van der Waals surface area contributed by atoms with Crippen LogP contribution in [-0.4, -0.2) is 20.9 Å². The third-order valence-corrected chi connectivity index (χ3v) is 3.52. The van der Waals surface area contributed by atoms with E-state index in [4.69, 9.17) is 10.8 Å². The van der Waals surface area contributed by atoms with E-state index in [-0.39, 0.29) is 11.3 Å². The van der Waals surface area contributed by atoms with Crippen molar-refractivity contribution >= 4 is 23.4 Å². The van der Waals surface area contributed by atoms with E-state index in [0.717, 1.165) is 15.6 Å². The van der Waals surface area contributed by atoms with Crippen molar-refractivity contribution in [3.63, 3.8) is 0 Å². The van der Waals surface area contributed by atoms with Crippen LogP contribution in [0, 0.1) is 6.92 Å². The Morgan fingerprint density at radius 3 is 2.72 bits per heavy atom. The fraction of sp³-hybridized carbons (Fsp3) is 0.167. The lowest BCUT2D eigenvalue weighted by molar-refractivity contribution is 0.0698. The summed E-state index contributed by atoms with van der Waals surface area (Å²) < 4.78 is 1.76. The summed E-state index contributed by atoms with van der Waals surface area (Å²) in [7, 11) is 1.85. The molecule has 3 N–H and O–H groups in total. The number of hydrogen-bond acceptors (Lipinski definition) is 4. The topological polar surface area (TPSA) is 81.1 Å². The molecule has 0 saturated carbocycles. The first-order valence-electron chi connectivity index (χ1n) is 5.28. The van der Waals surface area contributed by atoms with Crippen LogP contribution >= 0.6 is 11.8 Å². The fourth-order valence-corrected chi connectivity index (χ4v) is 2.54. The maximum atomic E-state index is 11.0. The van der Waals surface area contributed by atoms with Crippen LogP contribution in [0.15, 0.2) is 34.2 Å². The van der Waals surface area contributed by atoms with Crippen LogP contribution in [0.4, 0.5) is 5.69 Å². The largest absolute Gasteiger partial charge is 0.478 e. The molecule has 2 aromatic rings. The quantitative estimate of drug-likeness (QED) is 0.829. The van der Waals surface area contributed by atoms with Crippen LogP contribution in [0.25, 0.3) is 0 Å². The highest BCUT2D eigenvalue weighted by Gasteiger charge is 2.10. The monoisotopic (exact) mass is 263 g/mol. The van der Waals surface area contributed by atoms with E-state index < -0.39 is 5.97 Å². The molecule has 0 saturated heterocycles. The average molecular weight is 263 g/mol. The molecule has 18 heavy (non-hydrogen) atoms. The number of nitrogens with zero attached hydrogens (tertiary/aromatic N) is 2. The lowest BCUT2D eigenvalue weighted by atomic mass is 10.2. The molecular weight excluding hydrogens is 250 g/mol. The van der Waals surface area contributed by atoms with E-state index in [1.807, 2.05) is 20.0 Å². The highest BCUT2D eigenvalue weighted by Crippen LogP contribution is 2.30. The van der Waals surface area contributed by atoms with E-state index >= 15 is 0 Å². The second kappa shape index (κ2) is 4.73. The number of aromatic carboxylic acids is 1. The highest BCUT2D eigenvalue weighted by molar-refractivity contribution is 7.99. The summed E-state index contributed by atoms with van der Waals surface area (Å²) in [4.78, 5) is 11.8. The second-order valence-corrected chi connectivity index (χ2v) is 5.00. The van der Waals surface area contributed by atoms with Crippen LogP contribution in [-0.2, 0) is 7.05 Å². The zero-order valence-corrected chi connectivity index (χ0v) is 10.9. The normalized spacial score (nSPS) is 10.6. The molecule has 0 amide bonds. The average Bonchev–Trinajstić information content (AvgIpc) is 2.60. The van der Waals surface area contributed by atoms with Crippen molar-refractivity contribution in [3.05, 3.63) is 35.5 Å². The molecule has 1 heterocycles. The Bertz CT molecular complexity index is 607. The van der Waals surface area contributed by atoms with Crippen molar-refractivity contribution in [2.75, 3.05) is 5.73 Å². The van der Waals surface area contributed by atoms with Gasteiger partial charge in [0.1, 0.15) is 0 Å². The van der Waals surface area contributed by atoms with Gasteiger partial charge in [-0.3, -0.25) is 4.68 Å². The van der Waals surface area contributed by atoms with Gasteiger partial charge in [-0.15, -0.1) is 0 Å². The molecule has 0 unspecified atom stereocenters. The predicted molar refractivity (Wildman–Crippen MR) is 69.9 cm³/mol. The molecule has 0 aliphatic heterocycles. The van der Waals surface area contributed by atoms with Crippen LogP contribution in [0.2, 0.25) is 0 Å². The van der Waals surface area contributed by atoms with Crippen molar-refractivity contribution < 1.29 is 9.90 Å². The Morgan fingerprint density at radius 2 is 2.17 bits per heavy atom. The number of anilines is 1. The third-order valence-electron chi connectivity index (χ3n) is 2.44. The summed E-state index contributed by atoms with van der Waals surface area (Å²) in [5, 5.41) is 14.2. The smallest absolute Gasteiger partial charge is 0.337 e. The first-order chi connectivity index (χ1) is 8.47. The van der Waals surface area contributed by atoms with Gasteiger partial charge in [0.15, 0.2) is 0 Å². The van der Waals surface area contributed by atoms with Crippen molar-refractivity contribution in [3.8, 4) is 0 Å². The Morgan fingerprint density at radius 1 is 1.44 bits per heavy atom. The number of rotatable bonds is 3. The molecule has 0 radical (unpaired) electrons. The standard InChI is InChI=1S/C12H13N3O2S/c1-7-5-11(15(2)14-7)18-8-3-4-10(13)9(6-8)12(16)17/h3-6H,13H2,1-2H3,(H,16,17). The number of hydrogen-bond donors (Lipinski definition) is 2. The number of aryl methyl sites for hydroxylation is 2. The van der Waals surface area contributed by atoms with Gasteiger partial charge in [0.2, 0.25) is 0 Å². The third kappa shape index (κ3) is 2.48. The zero-order chi connectivity index (χ0) is 13.3. The second-order valence-electron chi connectivity index (χ2n) is 3.90. The van der Waals surface area contributed by atoms with E-state index in [1.54, 1.807) is 22.9 Å². The van der Waals surface area contributed by atoms with E-state index in [2.05, 4.69) is 5.10 Å². The summed E-state index contributed by atoms with van der Waals surface area (Å²) in [5.41, 5.74) is 6.93. The SMILES string of the molecule is Cc1cc(Sc2ccc(N)c(C(=O)O)c2)n(C)n1. The molecule has 0 atom stereocenters. The molecule has 0 spiro atoms. The van der Waals surface area contributed by atoms with Crippen molar-refractivity contribution in [1.82, 2.24) is 9.78 Å². The Balaban J connectivity index is 2.32. The van der Waals surface area contributed by atoms with Gasteiger partial charge in [-0.25, -0.2) is 4.79 Å². The van der Waals surface area contributed by atoms with Gasteiger partial charge in [-0.2, -0.15) is 5.10 Å². The molecule has 6 heteroatoms. The summed E-state index contributed by atoms with van der Waals surface area (Å²) in [6.45, 7) is 1.91. The minimum absolute atomic E-state index is 0.124. The first-order valence-corrected chi connectivity index (χ1v) is 6.10. The molecule has 94 valence electrons. The Hall–Kier alpha value is -1.95. The Labute approximate surface area is 109 Å². The number of benzene rings is 1. The molecule has 1 aromatic heterocycles. The van der Waals surface area contributed by atoms with Gasteiger partial charge >= 0.3 is 5.97 Å². The number of aromatic nitrogens is 2. The maximum Gasteiger partial charge on any atom is 0.337 e. The van der Waals surface area contributed by atoms with Gasteiger partial charge in [0.05, 0.1) is 16.3 Å². The van der Waals surface area contributed by atoms with Crippen molar-refractivity contribution in [2.24, 2.45) is 7.05 Å². The molecule has 1 aromatic carbocycles. The van der Waals surface area contributed by atoms with E-state index in [0.29, 0.717) is 0 Å². The van der Waals surface area contributed by atoms with Gasteiger partial charge < -0.3 is 10.8 Å². The summed E-state index contributed by atoms with van der Waals surface area (Å²) in [6.07, 6.45) is 0. The lowest BCUT2D eigenvalue weighted by Gasteiger charge is -2.05. The first kappa shape index (κ1) is 12.5. The van der Waals surface area contributed by atoms with E-state index in [9.17, 15) is 4.79 Å². The maximum absolute atomic E-state index is 11.0. The highest BCUT2D eigenvalue weighted by atomic mass is 32.2. The molecule has 0 aliphatic carbocycles. The molecule has 0 fully saturated rings. The van der Waals surface area contributed by atoms with Crippen LogP contribution in [0.1, 0.15) is 16.1 Å². The van der Waals surface area contributed by atoms with Crippen LogP contribution in [0.5, 0.6) is 0 Å². The van der Waals surface area contributed by atoms with Crippen LogP contribution < -0.4 is 5.73 Å². The summed E-state index contributed by atoms with van der Waals surface area (Å²) in [6, 6.07) is 6.93. The fourth-order valence-electron chi connectivity index (χ4n) is 1.59. The Kier molecular flexibility index (Phi) is 3.29. The molecule has 5 nitrogen and oxygen atoms in total. The minimum Gasteiger partial charge on any atom is -0.478 e.